The largest absolute Gasteiger partial charge is 0.512 e. The van der Waals surface area contributed by atoms with Crippen molar-refractivity contribution < 1.29 is 15.0 Å². The maximum atomic E-state index is 10.5. The summed E-state index contributed by atoms with van der Waals surface area (Å²) in [5, 5.41) is 20.5. The Hall–Kier alpha value is -1.03. The molecular formula is C7H11NO3. The molecule has 1 saturated heterocycles. The van der Waals surface area contributed by atoms with Crippen molar-refractivity contribution in [1.29, 1.82) is 0 Å². The van der Waals surface area contributed by atoms with Gasteiger partial charge in [-0.1, -0.05) is 0 Å². The van der Waals surface area contributed by atoms with Gasteiger partial charge in [0.15, 0.2) is 0 Å². The Morgan fingerprint density at radius 1 is 1.55 bits per heavy atom. The van der Waals surface area contributed by atoms with Gasteiger partial charge in [0.25, 0.3) is 0 Å². The summed E-state index contributed by atoms with van der Waals surface area (Å²) in [6.45, 7) is 2.22. The maximum Gasteiger partial charge on any atom is 0.336 e. The number of allylic oxidation sites excluding steroid dienone is 1. The van der Waals surface area contributed by atoms with E-state index in [-0.39, 0.29) is 17.4 Å². The van der Waals surface area contributed by atoms with Crippen LogP contribution in [-0.4, -0.2) is 28.8 Å². The number of aliphatic hydroxyl groups excluding tert-OH is 1. The minimum atomic E-state index is -1.04. The van der Waals surface area contributed by atoms with Crippen LogP contribution in [-0.2, 0) is 4.79 Å². The van der Waals surface area contributed by atoms with Crippen LogP contribution in [0.1, 0.15) is 13.3 Å². The molecule has 1 aliphatic heterocycles. The first-order chi connectivity index (χ1) is 5.13. The molecule has 0 aromatic heterocycles. The highest BCUT2D eigenvalue weighted by atomic mass is 16.4. The van der Waals surface area contributed by atoms with Crippen molar-refractivity contribution in [2.45, 2.75) is 19.4 Å². The van der Waals surface area contributed by atoms with E-state index in [0.717, 1.165) is 13.0 Å². The molecule has 4 heteroatoms. The lowest BCUT2D eigenvalue weighted by Crippen LogP contribution is -2.46. The summed E-state index contributed by atoms with van der Waals surface area (Å²) in [5.41, 5.74) is 0.0938. The number of aliphatic carboxylic acids is 1. The molecule has 4 nitrogen and oxygen atoms in total. The Labute approximate surface area is 64.5 Å². The van der Waals surface area contributed by atoms with Gasteiger partial charge >= 0.3 is 5.97 Å². The molecule has 0 spiro atoms. The highest BCUT2D eigenvalue weighted by Gasteiger charge is 2.27. The van der Waals surface area contributed by atoms with E-state index in [9.17, 15) is 4.79 Å². The lowest BCUT2D eigenvalue weighted by atomic mass is 9.97. The number of hydrogen-bond acceptors (Lipinski definition) is 3. The molecule has 1 heterocycles. The van der Waals surface area contributed by atoms with Gasteiger partial charge in [0.05, 0.1) is 5.57 Å². The standard InChI is InChI=1S/C7H11NO3/c1-4(9)6(7(10)11)5-2-3-8-5/h5,8-9H,2-3H2,1H3,(H,10,11). The zero-order valence-corrected chi connectivity index (χ0v) is 6.29. The first kappa shape index (κ1) is 8.07. The van der Waals surface area contributed by atoms with Crippen molar-refractivity contribution in [3.8, 4) is 0 Å². The molecule has 1 fully saturated rings. The Balaban J connectivity index is 2.75. The van der Waals surface area contributed by atoms with E-state index < -0.39 is 5.97 Å². The Bertz CT molecular complexity index is 202. The third kappa shape index (κ3) is 1.51. The van der Waals surface area contributed by atoms with Crippen LogP contribution in [0.25, 0.3) is 0 Å². The Morgan fingerprint density at radius 2 is 2.09 bits per heavy atom. The second kappa shape index (κ2) is 2.92. The first-order valence-corrected chi connectivity index (χ1v) is 3.49. The van der Waals surface area contributed by atoms with Crippen LogP contribution in [0, 0.1) is 0 Å². The highest BCUT2D eigenvalue weighted by molar-refractivity contribution is 5.88. The molecule has 1 aliphatic rings. The van der Waals surface area contributed by atoms with E-state index in [1.165, 1.54) is 6.92 Å². The van der Waals surface area contributed by atoms with Crippen LogP contribution in [0.4, 0.5) is 0 Å². The Morgan fingerprint density at radius 3 is 2.18 bits per heavy atom. The molecule has 1 rings (SSSR count). The second-order valence-corrected chi connectivity index (χ2v) is 2.60. The van der Waals surface area contributed by atoms with Gasteiger partial charge in [-0.15, -0.1) is 0 Å². The lowest BCUT2D eigenvalue weighted by Gasteiger charge is -2.28. The average molecular weight is 157 g/mol. The van der Waals surface area contributed by atoms with E-state index in [1.807, 2.05) is 0 Å². The van der Waals surface area contributed by atoms with Crippen LogP contribution < -0.4 is 5.32 Å². The average Bonchev–Trinajstić information content (AvgIpc) is 1.75. The van der Waals surface area contributed by atoms with E-state index >= 15 is 0 Å². The summed E-state index contributed by atoms with van der Waals surface area (Å²) >= 11 is 0. The van der Waals surface area contributed by atoms with Crippen LogP contribution >= 0.6 is 0 Å². The van der Waals surface area contributed by atoms with Crippen LogP contribution in [0.3, 0.4) is 0 Å². The number of hydrogen-bond donors (Lipinski definition) is 3. The molecule has 0 bridgehead atoms. The molecule has 11 heavy (non-hydrogen) atoms. The molecule has 0 aliphatic carbocycles. The van der Waals surface area contributed by atoms with Gasteiger partial charge in [-0.05, 0) is 19.9 Å². The van der Waals surface area contributed by atoms with E-state index in [1.54, 1.807) is 0 Å². The van der Waals surface area contributed by atoms with Gasteiger partial charge in [0.2, 0.25) is 0 Å². The van der Waals surface area contributed by atoms with Crippen LogP contribution in [0.2, 0.25) is 0 Å². The molecule has 0 radical (unpaired) electrons. The molecule has 0 amide bonds. The summed E-state index contributed by atoms with van der Waals surface area (Å²) in [6.07, 6.45) is 0.791. The molecular weight excluding hydrogens is 146 g/mol. The van der Waals surface area contributed by atoms with Crippen molar-refractivity contribution in [3.63, 3.8) is 0 Å². The molecule has 0 aromatic carbocycles. The topological polar surface area (TPSA) is 69.6 Å². The van der Waals surface area contributed by atoms with Crippen LogP contribution in [0.15, 0.2) is 11.3 Å². The van der Waals surface area contributed by atoms with Gasteiger partial charge in [0.1, 0.15) is 5.76 Å². The van der Waals surface area contributed by atoms with Crippen LogP contribution in [0.5, 0.6) is 0 Å². The summed E-state index contributed by atoms with van der Waals surface area (Å²) in [6, 6.07) is -0.155. The maximum absolute atomic E-state index is 10.5. The zero-order valence-electron chi connectivity index (χ0n) is 6.29. The number of aliphatic hydroxyl groups is 1. The van der Waals surface area contributed by atoms with Crippen molar-refractivity contribution in [2.75, 3.05) is 6.54 Å². The molecule has 0 saturated carbocycles. The number of carboxylic acid groups (broad SMARTS) is 1. The fraction of sp³-hybridized carbons (Fsp3) is 0.571. The highest BCUT2D eigenvalue weighted by Crippen LogP contribution is 2.15. The fourth-order valence-electron chi connectivity index (χ4n) is 1.09. The van der Waals surface area contributed by atoms with Gasteiger partial charge in [-0.3, -0.25) is 0 Å². The van der Waals surface area contributed by atoms with Gasteiger partial charge < -0.3 is 15.5 Å². The number of carboxylic acids is 1. The smallest absolute Gasteiger partial charge is 0.336 e. The summed E-state index contributed by atoms with van der Waals surface area (Å²) in [7, 11) is 0. The van der Waals surface area contributed by atoms with Gasteiger partial charge in [-0.2, -0.15) is 0 Å². The first-order valence-electron chi connectivity index (χ1n) is 3.49. The van der Waals surface area contributed by atoms with Crippen molar-refractivity contribution in [3.05, 3.63) is 11.3 Å². The monoisotopic (exact) mass is 157 g/mol. The lowest BCUT2D eigenvalue weighted by molar-refractivity contribution is -0.133. The normalized spacial score (nSPS) is 25.4. The summed E-state index contributed by atoms with van der Waals surface area (Å²) in [4.78, 5) is 10.5. The number of carbonyl (C=O) groups is 1. The second-order valence-electron chi connectivity index (χ2n) is 2.60. The van der Waals surface area contributed by atoms with E-state index in [2.05, 4.69) is 5.32 Å². The van der Waals surface area contributed by atoms with Crippen molar-refractivity contribution in [1.82, 2.24) is 5.32 Å². The van der Waals surface area contributed by atoms with Gasteiger partial charge in [-0.25, -0.2) is 4.79 Å². The fourth-order valence-corrected chi connectivity index (χ4v) is 1.09. The molecule has 3 N–H and O–H groups in total. The number of rotatable bonds is 2. The van der Waals surface area contributed by atoms with E-state index in [0.29, 0.717) is 0 Å². The molecule has 0 aromatic rings. The predicted octanol–water partition coefficient (Wildman–Crippen LogP) is 0.265. The molecule has 1 unspecified atom stereocenters. The molecule has 62 valence electrons. The minimum absolute atomic E-state index is 0.0938. The zero-order chi connectivity index (χ0) is 8.43. The van der Waals surface area contributed by atoms with Gasteiger partial charge in [0, 0.05) is 6.04 Å². The van der Waals surface area contributed by atoms with Crippen molar-refractivity contribution in [2.24, 2.45) is 0 Å². The quantitative estimate of drug-likeness (QED) is 0.397. The predicted molar refractivity (Wildman–Crippen MR) is 39.4 cm³/mol. The van der Waals surface area contributed by atoms with E-state index in [4.69, 9.17) is 10.2 Å². The summed E-state index contributed by atoms with van der Waals surface area (Å²) in [5.74, 6) is -1.14. The third-order valence-corrected chi connectivity index (χ3v) is 1.79. The van der Waals surface area contributed by atoms with Crippen molar-refractivity contribution >= 4 is 5.97 Å². The minimum Gasteiger partial charge on any atom is -0.512 e. The third-order valence-electron chi connectivity index (χ3n) is 1.79. The summed E-state index contributed by atoms with van der Waals surface area (Å²) < 4.78 is 0. The Kier molecular flexibility index (Phi) is 2.14. The number of nitrogens with one attached hydrogen (secondary N) is 1. The SMILES string of the molecule is CC(O)=C(C(=O)O)C1CCN1. The molecule has 1 atom stereocenters.